The number of carbonyl (C=O) groups is 1. The van der Waals surface area contributed by atoms with Gasteiger partial charge in [-0.05, 0) is 38.4 Å². The first-order valence-electron chi connectivity index (χ1n) is 7.14. The van der Waals surface area contributed by atoms with Crippen molar-refractivity contribution in [1.29, 1.82) is 0 Å². The van der Waals surface area contributed by atoms with Gasteiger partial charge in [-0.15, -0.1) is 36.2 Å². The number of piperidine rings is 1. The minimum Gasteiger partial charge on any atom is -0.347 e. The van der Waals surface area contributed by atoms with Gasteiger partial charge >= 0.3 is 0 Å². The fourth-order valence-corrected chi connectivity index (χ4v) is 3.31. The summed E-state index contributed by atoms with van der Waals surface area (Å²) in [5.41, 5.74) is 0.988. The van der Waals surface area contributed by atoms with Crippen molar-refractivity contribution in [2.24, 2.45) is 0 Å². The number of pyridine rings is 1. The van der Waals surface area contributed by atoms with Crippen molar-refractivity contribution in [2.75, 3.05) is 6.54 Å². The predicted octanol–water partition coefficient (Wildman–Crippen LogP) is 2.92. The second-order valence-corrected chi connectivity index (χ2v) is 6.26. The maximum Gasteiger partial charge on any atom is 0.263 e. The van der Waals surface area contributed by atoms with Gasteiger partial charge in [-0.2, -0.15) is 0 Å². The third-order valence-corrected chi connectivity index (χ3v) is 4.78. The minimum atomic E-state index is -0.0339. The summed E-state index contributed by atoms with van der Waals surface area (Å²) in [6.07, 6.45) is 7.23. The van der Waals surface area contributed by atoms with E-state index in [-0.39, 0.29) is 36.8 Å². The van der Waals surface area contributed by atoms with Crippen LogP contribution in [-0.2, 0) is 0 Å². The molecule has 0 saturated carbocycles. The summed E-state index contributed by atoms with van der Waals surface area (Å²) in [5.74, 6) is -0.0339. The number of aromatic nitrogens is 2. The number of thiazole rings is 1. The maximum absolute atomic E-state index is 12.3. The fraction of sp³-hybridized carbons (Fsp3) is 0.400. The van der Waals surface area contributed by atoms with E-state index in [9.17, 15) is 4.79 Å². The molecule has 1 fully saturated rings. The van der Waals surface area contributed by atoms with Crippen LogP contribution in [0.1, 0.15) is 29.4 Å². The van der Waals surface area contributed by atoms with Gasteiger partial charge in [0, 0.05) is 30.0 Å². The van der Waals surface area contributed by atoms with E-state index < -0.39 is 0 Å². The Bertz CT molecular complexity index is 623. The van der Waals surface area contributed by atoms with Gasteiger partial charge in [-0.1, -0.05) is 0 Å². The van der Waals surface area contributed by atoms with E-state index in [1.165, 1.54) is 11.3 Å². The van der Waals surface area contributed by atoms with Crippen LogP contribution in [-0.4, -0.2) is 34.5 Å². The van der Waals surface area contributed by atoms with E-state index in [0.29, 0.717) is 10.9 Å². The molecule has 2 atom stereocenters. The number of hydrogen-bond donors (Lipinski definition) is 2. The Morgan fingerprint density at radius 1 is 1.35 bits per heavy atom. The van der Waals surface area contributed by atoms with Crippen molar-refractivity contribution in [3.05, 3.63) is 35.6 Å². The van der Waals surface area contributed by atoms with Crippen LogP contribution in [0.4, 0.5) is 0 Å². The van der Waals surface area contributed by atoms with Crippen LogP contribution in [0, 0.1) is 0 Å². The van der Waals surface area contributed by atoms with Crippen LogP contribution in [0.25, 0.3) is 10.6 Å². The SMILES string of the molecule is CC1NCCCC1NC(=O)c1cnc(-c2ccncc2)s1.Cl.Cl. The number of hydrogen-bond acceptors (Lipinski definition) is 5. The lowest BCUT2D eigenvalue weighted by atomic mass is 10.00. The Hall–Kier alpha value is -1.21. The summed E-state index contributed by atoms with van der Waals surface area (Å²) in [7, 11) is 0. The van der Waals surface area contributed by atoms with Crippen LogP contribution in [0.5, 0.6) is 0 Å². The average molecular weight is 375 g/mol. The normalized spacial score (nSPS) is 20.0. The number of nitrogens with one attached hydrogen (secondary N) is 2. The summed E-state index contributed by atoms with van der Waals surface area (Å²) in [6.45, 7) is 3.14. The van der Waals surface area contributed by atoms with Crippen LogP contribution < -0.4 is 10.6 Å². The Labute approximate surface area is 152 Å². The summed E-state index contributed by atoms with van der Waals surface area (Å²) in [5, 5.41) is 7.34. The predicted molar refractivity (Wildman–Crippen MR) is 97.8 cm³/mol. The molecule has 2 unspecified atom stereocenters. The zero-order valence-corrected chi connectivity index (χ0v) is 15.1. The van der Waals surface area contributed by atoms with Gasteiger partial charge in [-0.3, -0.25) is 9.78 Å². The first-order chi connectivity index (χ1) is 10.2. The summed E-state index contributed by atoms with van der Waals surface area (Å²) >= 11 is 1.41. The lowest BCUT2D eigenvalue weighted by molar-refractivity contribution is 0.0924. The first kappa shape index (κ1) is 19.8. The highest BCUT2D eigenvalue weighted by atomic mass is 35.5. The highest BCUT2D eigenvalue weighted by Gasteiger charge is 2.23. The highest BCUT2D eigenvalue weighted by Crippen LogP contribution is 2.24. The van der Waals surface area contributed by atoms with E-state index in [1.54, 1.807) is 18.6 Å². The van der Waals surface area contributed by atoms with Gasteiger partial charge in [0.15, 0.2) is 0 Å². The van der Waals surface area contributed by atoms with E-state index >= 15 is 0 Å². The molecule has 1 aliphatic rings. The lowest BCUT2D eigenvalue weighted by Crippen LogP contribution is -2.51. The topological polar surface area (TPSA) is 66.9 Å². The zero-order chi connectivity index (χ0) is 14.7. The van der Waals surface area contributed by atoms with Crippen molar-refractivity contribution in [3.8, 4) is 10.6 Å². The van der Waals surface area contributed by atoms with Crippen LogP contribution in [0.2, 0.25) is 0 Å². The molecule has 0 spiro atoms. The monoisotopic (exact) mass is 374 g/mol. The Balaban J connectivity index is 0.00000132. The fourth-order valence-electron chi connectivity index (χ4n) is 2.49. The minimum absolute atomic E-state index is 0. The molecule has 2 aromatic heterocycles. The smallest absolute Gasteiger partial charge is 0.263 e. The van der Waals surface area contributed by atoms with Crippen molar-refractivity contribution in [1.82, 2.24) is 20.6 Å². The molecule has 2 aromatic rings. The van der Waals surface area contributed by atoms with Gasteiger partial charge in [0.05, 0.1) is 6.20 Å². The Kier molecular flexibility index (Phi) is 7.91. The average Bonchev–Trinajstić information content (AvgIpc) is 3.00. The quantitative estimate of drug-likeness (QED) is 0.866. The molecular formula is C15H20Cl2N4OS. The summed E-state index contributed by atoms with van der Waals surface area (Å²) < 4.78 is 0. The highest BCUT2D eigenvalue weighted by molar-refractivity contribution is 7.16. The first-order valence-corrected chi connectivity index (χ1v) is 7.96. The molecule has 1 saturated heterocycles. The van der Waals surface area contributed by atoms with E-state index in [1.807, 2.05) is 12.1 Å². The van der Waals surface area contributed by atoms with Gasteiger partial charge in [-0.25, -0.2) is 4.98 Å². The molecule has 5 nitrogen and oxygen atoms in total. The number of carbonyl (C=O) groups excluding carboxylic acids is 1. The van der Waals surface area contributed by atoms with Crippen molar-refractivity contribution in [2.45, 2.75) is 31.8 Å². The van der Waals surface area contributed by atoms with E-state index in [4.69, 9.17) is 0 Å². The second kappa shape index (κ2) is 9.17. The van der Waals surface area contributed by atoms with Crippen LogP contribution in [0.3, 0.4) is 0 Å². The molecule has 3 rings (SSSR count). The summed E-state index contributed by atoms with van der Waals surface area (Å²) in [4.78, 5) is 21.3. The molecule has 0 radical (unpaired) electrons. The maximum atomic E-state index is 12.3. The molecule has 0 aliphatic carbocycles. The Morgan fingerprint density at radius 3 is 2.78 bits per heavy atom. The molecule has 1 amide bonds. The third kappa shape index (κ3) is 4.88. The molecule has 126 valence electrons. The number of amides is 1. The number of rotatable bonds is 3. The molecule has 8 heteroatoms. The molecule has 2 N–H and O–H groups in total. The Morgan fingerprint density at radius 2 is 2.09 bits per heavy atom. The van der Waals surface area contributed by atoms with Gasteiger partial charge < -0.3 is 10.6 Å². The van der Waals surface area contributed by atoms with Crippen LogP contribution >= 0.6 is 36.2 Å². The standard InChI is InChI=1S/C15H18N4OS.2ClH/c1-10-12(3-2-6-17-10)19-14(20)13-9-18-15(21-13)11-4-7-16-8-5-11;;/h4-5,7-10,12,17H,2-3,6H2,1H3,(H,19,20);2*1H. The zero-order valence-electron chi connectivity index (χ0n) is 12.7. The van der Waals surface area contributed by atoms with E-state index in [0.717, 1.165) is 30.0 Å². The summed E-state index contributed by atoms with van der Waals surface area (Å²) in [6, 6.07) is 4.30. The molecular weight excluding hydrogens is 355 g/mol. The molecule has 0 aromatic carbocycles. The molecule has 3 heterocycles. The second-order valence-electron chi connectivity index (χ2n) is 5.23. The molecule has 23 heavy (non-hydrogen) atoms. The van der Waals surface area contributed by atoms with Gasteiger partial charge in [0.2, 0.25) is 0 Å². The van der Waals surface area contributed by atoms with Crippen LogP contribution in [0.15, 0.2) is 30.7 Å². The molecule has 0 bridgehead atoms. The third-order valence-electron chi connectivity index (χ3n) is 3.74. The van der Waals surface area contributed by atoms with Crippen molar-refractivity contribution >= 4 is 42.1 Å². The van der Waals surface area contributed by atoms with Crippen molar-refractivity contribution < 1.29 is 4.79 Å². The molecule has 1 aliphatic heterocycles. The largest absolute Gasteiger partial charge is 0.347 e. The number of nitrogens with zero attached hydrogens (tertiary/aromatic N) is 2. The van der Waals surface area contributed by atoms with E-state index in [2.05, 4.69) is 27.5 Å². The number of halogens is 2. The van der Waals surface area contributed by atoms with Gasteiger partial charge in [0.1, 0.15) is 9.88 Å². The lowest BCUT2D eigenvalue weighted by Gasteiger charge is -2.30. The van der Waals surface area contributed by atoms with Crippen molar-refractivity contribution in [3.63, 3.8) is 0 Å². The van der Waals surface area contributed by atoms with Gasteiger partial charge in [0.25, 0.3) is 5.91 Å².